The van der Waals surface area contributed by atoms with E-state index in [0.29, 0.717) is 13.1 Å². The van der Waals surface area contributed by atoms with Gasteiger partial charge in [-0.25, -0.2) is 4.39 Å². The van der Waals surface area contributed by atoms with Gasteiger partial charge in [0, 0.05) is 31.2 Å². The zero-order valence-corrected chi connectivity index (χ0v) is 11.2. The van der Waals surface area contributed by atoms with E-state index in [1.165, 1.54) is 6.07 Å². The van der Waals surface area contributed by atoms with E-state index < -0.39 is 0 Å². The lowest BCUT2D eigenvalue weighted by Gasteiger charge is -2.24. The van der Waals surface area contributed by atoms with Gasteiger partial charge < -0.3 is 10.6 Å². The van der Waals surface area contributed by atoms with Crippen LogP contribution in [0.2, 0.25) is 0 Å². The van der Waals surface area contributed by atoms with Crippen molar-refractivity contribution < 1.29 is 4.39 Å². The van der Waals surface area contributed by atoms with Crippen molar-refractivity contribution in [2.24, 2.45) is 5.73 Å². The largest absolute Gasteiger partial charge is 0.329 e. The fraction of sp³-hybridized carbons (Fsp3) is 0.571. The molecule has 1 aromatic rings. The molecule has 0 amide bonds. The second kappa shape index (κ2) is 5.78. The van der Waals surface area contributed by atoms with Gasteiger partial charge in [-0.15, -0.1) is 0 Å². The van der Waals surface area contributed by atoms with Gasteiger partial charge in [-0.05, 0) is 38.7 Å². The molecule has 0 saturated heterocycles. The molecule has 1 aliphatic rings. The van der Waals surface area contributed by atoms with E-state index in [9.17, 15) is 4.39 Å². The first-order valence-electron chi connectivity index (χ1n) is 6.49. The normalized spacial score (nSPS) is 19.5. The predicted molar refractivity (Wildman–Crippen MR) is 71.8 cm³/mol. The minimum atomic E-state index is -0.0962. The Labute approximate surface area is 108 Å². The first kappa shape index (κ1) is 13.5. The Morgan fingerprint density at radius 1 is 1.44 bits per heavy atom. The van der Waals surface area contributed by atoms with Crippen LogP contribution in [0.5, 0.6) is 0 Å². The summed E-state index contributed by atoms with van der Waals surface area (Å²) in [6.45, 7) is 3.26. The molecule has 4 heteroatoms. The molecule has 2 rings (SSSR count). The zero-order valence-electron chi connectivity index (χ0n) is 11.2. The van der Waals surface area contributed by atoms with Gasteiger partial charge in [0.15, 0.2) is 0 Å². The molecule has 0 bridgehead atoms. The first-order valence-corrected chi connectivity index (χ1v) is 6.49. The predicted octanol–water partition coefficient (Wildman–Crippen LogP) is 1.59. The van der Waals surface area contributed by atoms with E-state index in [4.69, 9.17) is 5.73 Å². The SMILES string of the molecule is CN(C)CCCN1Cc2c(F)cccc2C1CN. The first-order chi connectivity index (χ1) is 8.63. The molecule has 0 radical (unpaired) electrons. The van der Waals surface area contributed by atoms with Crippen LogP contribution in [0.3, 0.4) is 0 Å². The molecule has 0 saturated carbocycles. The van der Waals surface area contributed by atoms with Crippen molar-refractivity contribution in [3.8, 4) is 0 Å². The number of nitrogens with zero attached hydrogens (tertiary/aromatic N) is 2. The van der Waals surface area contributed by atoms with Crippen LogP contribution in [0.15, 0.2) is 18.2 Å². The maximum atomic E-state index is 13.7. The number of benzene rings is 1. The third-order valence-electron chi connectivity index (χ3n) is 3.59. The highest BCUT2D eigenvalue weighted by atomic mass is 19.1. The van der Waals surface area contributed by atoms with Gasteiger partial charge in [-0.2, -0.15) is 0 Å². The summed E-state index contributed by atoms with van der Waals surface area (Å²) in [5.41, 5.74) is 7.75. The maximum absolute atomic E-state index is 13.7. The van der Waals surface area contributed by atoms with E-state index in [1.54, 1.807) is 6.07 Å². The Bertz CT molecular complexity index is 406. The minimum Gasteiger partial charge on any atom is -0.329 e. The van der Waals surface area contributed by atoms with Crippen LogP contribution in [-0.2, 0) is 6.54 Å². The van der Waals surface area contributed by atoms with Crippen molar-refractivity contribution in [1.29, 1.82) is 0 Å². The van der Waals surface area contributed by atoms with Crippen molar-refractivity contribution in [2.45, 2.75) is 19.0 Å². The van der Waals surface area contributed by atoms with E-state index in [0.717, 1.165) is 30.6 Å². The number of nitrogens with two attached hydrogens (primary N) is 1. The molecular weight excluding hydrogens is 229 g/mol. The number of hydrogen-bond donors (Lipinski definition) is 1. The van der Waals surface area contributed by atoms with E-state index in [1.807, 2.05) is 6.07 Å². The van der Waals surface area contributed by atoms with Gasteiger partial charge >= 0.3 is 0 Å². The average molecular weight is 251 g/mol. The number of fused-ring (bicyclic) bond motifs is 1. The van der Waals surface area contributed by atoms with Gasteiger partial charge in [0.1, 0.15) is 5.82 Å². The lowest BCUT2D eigenvalue weighted by Crippen LogP contribution is -2.30. The maximum Gasteiger partial charge on any atom is 0.128 e. The second-order valence-corrected chi connectivity index (χ2v) is 5.19. The molecule has 2 N–H and O–H groups in total. The van der Waals surface area contributed by atoms with Gasteiger partial charge in [0.05, 0.1) is 0 Å². The van der Waals surface area contributed by atoms with E-state index >= 15 is 0 Å². The molecule has 1 aromatic carbocycles. The summed E-state index contributed by atoms with van der Waals surface area (Å²) >= 11 is 0. The third-order valence-corrected chi connectivity index (χ3v) is 3.59. The molecular formula is C14H22FN3. The molecule has 100 valence electrons. The molecule has 0 aliphatic carbocycles. The van der Waals surface area contributed by atoms with E-state index in [2.05, 4.69) is 23.9 Å². The van der Waals surface area contributed by atoms with Crippen LogP contribution in [0.4, 0.5) is 4.39 Å². The lowest BCUT2D eigenvalue weighted by atomic mass is 10.0. The van der Waals surface area contributed by atoms with Crippen molar-refractivity contribution in [3.63, 3.8) is 0 Å². The summed E-state index contributed by atoms with van der Waals surface area (Å²) in [4.78, 5) is 4.46. The Kier molecular flexibility index (Phi) is 4.32. The molecule has 18 heavy (non-hydrogen) atoms. The van der Waals surface area contributed by atoms with Crippen LogP contribution in [0, 0.1) is 5.82 Å². The molecule has 1 heterocycles. The zero-order chi connectivity index (χ0) is 13.1. The molecule has 1 aliphatic heterocycles. The molecule has 0 spiro atoms. The van der Waals surface area contributed by atoms with Crippen LogP contribution >= 0.6 is 0 Å². The Hall–Kier alpha value is -0.970. The van der Waals surface area contributed by atoms with Crippen LogP contribution in [0.25, 0.3) is 0 Å². The standard InChI is InChI=1S/C14H22FN3/c1-17(2)7-4-8-18-10-12-11(14(18)9-16)5-3-6-13(12)15/h3,5-6,14H,4,7-10,16H2,1-2H3. The second-order valence-electron chi connectivity index (χ2n) is 5.19. The van der Waals surface area contributed by atoms with Crippen molar-refractivity contribution in [3.05, 3.63) is 35.1 Å². The van der Waals surface area contributed by atoms with Crippen LogP contribution in [-0.4, -0.2) is 43.5 Å². The summed E-state index contributed by atoms with van der Waals surface area (Å²) in [6, 6.07) is 5.50. The van der Waals surface area contributed by atoms with Crippen molar-refractivity contribution in [2.75, 3.05) is 33.7 Å². The molecule has 0 aromatic heterocycles. The number of halogens is 1. The topological polar surface area (TPSA) is 32.5 Å². The summed E-state index contributed by atoms with van der Waals surface area (Å²) in [5.74, 6) is -0.0962. The van der Waals surface area contributed by atoms with Gasteiger partial charge in [-0.1, -0.05) is 12.1 Å². The average Bonchev–Trinajstić information content (AvgIpc) is 2.68. The van der Waals surface area contributed by atoms with E-state index in [-0.39, 0.29) is 11.9 Å². The third kappa shape index (κ3) is 2.71. The summed E-state index contributed by atoms with van der Waals surface area (Å²) in [7, 11) is 4.14. The van der Waals surface area contributed by atoms with Crippen LogP contribution in [0.1, 0.15) is 23.6 Å². The highest BCUT2D eigenvalue weighted by Crippen LogP contribution is 2.34. The molecule has 1 unspecified atom stereocenters. The summed E-state index contributed by atoms with van der Waals surface area (Å²) in [5, 5.41) is 0. The summed E-state index contributed by atoms with van der Waals surface area (Å²) < 4.78 is 13.7. The molecule has 0 fully saturated rings. The fourth-order valence-electron chi connectivity index (χ4n) is 2.67. The van der Waals surface area contributed by atoms with Crippen molar-refractivity contribution in [1.82, 2.24) is 9.80 Å². The quantitative estimate of drug-likeness (QED) is 0.862. The number of rotatable bonds is 5. The monoisotopic (exact) mass is 251 g/mol. The fourth-order valence-corrected chi connectivity index (χ4v) is 2.67. The highest BCUT2D eigenvalue weighted by Gasteiger charge is 2.30. The van der Waals surface area contributed by atoms with Gasteiger partial charge in [0.25, 0.3) is 0 Å². The Morgan fingerprint density at radius 2 is 2.22 bits per heavy atom. The molecule has 1 atom stereocenters. The Balaban J connectivity index is 2.05. The lowest BCUT2D eigenvalue weighted by molar-refractivity contribution is 0.207. The highest BCUT2D eigenvalue weighted by molar-refractivity contribution is 5.35. The minimum absolute atomic E-state index is 0.0962. The molecule has 3 nitrogen and oxygen atoms in total. The summed E-state index contributed by atoms with van der Waals surface area (Å²) in [6.07, 6.45) is 1.08. The smallest absolute Gasteiger partial charge is 0.128 e. The number of hydrogen-bond acceptors (Lipinski definition) is 3. The van der Waals surface area contributed by atoms with Gasteiger partial charge in [-0.3, -0.25) is 4.90 Å². The van der Waals surface area contributed by atoms with Gasteiger partial charge in [0.2, 0.25) is 0 Å². The van der Waals surface area contributed by atoms with Crippen molar-refractivity contribution >= 4 is 0 Å². The van der Waals surface area contributed by atoms with Crippen LogP contribution < -0.4 is 5.73 Å². The Morgan fingerprint density at radius 3 is 2.89 bits per heavy atom.